The van der Waals surface area contributed by atoms with Crippen LogP contribution in [-0.4, -0.2) is 38.9 Å². The quantitative estimate of drug-likeness (QED) is 0.546. The zero-order valence-electron chi connectivity index (χ0n) is 14.0. The lowest BCUT2D eigenvalue weighted by molar-refractivity contribution is -0.0971. The van der Waals surface area contributed by atoms with E-state index in [1.54, 1.807) is 0 Å². The van der Waals surface area contributed by atoms with Crippen molar-refractivity contribution < 1.29 is 18.3 Å². The second-order valence-electron chi connectivity index (χ2n) is 6.11. The summed E-state index contributed by atoms with van der Waals surface area (Å²) in [5.74, 6) is 0.453. The summed E-state index contributed by atoms with van der Waals surface area (Å²) >= 11 is 11.9. The number of ether oxygens (including phenoxy) is 2. The van der Waals surface area contributed by atoms with Crippen LogP contribution < -0.4 is 15.4 Å². The van der Waals surface area contributed by atoms with Crippen LogP contribution >= 0.6 is 23.2 Å². The summed E-state index contributed by atoms with van der Waals surface area (Å²) in [4.78, 5) is 4.41. The summed E-state index contributed by atoms with van der Waals surface area (Å²) in [5, 5.41) is 6.68. The van der Waals surface area contributed by atoms with Crippen molar-refractivity contribution in [1.29, 1.82) is 0 Å². The molecule has 1 saturated heterocycles. The fraction of sp³-hybridized carbons (Fsp3) is 0.562. The maximum Gasteiger partial charge on any atom is 0.387 e. The van der Waals surface area contributed by atoms with Crippen LogP contribution in [0.1, 0.15) is 19.4 Å². The van der Waals surface area contributed by atoms with Crippen LogP contribution in [0, 0.1) is 5.41 Å². The van der Waals surface area contributed by atoms with Crippen molar-refractivity contribution in [2.75, 3.05) is 26.3 Å². The van der Waals surface area contributed by atoms with Gasteiger partial charge in [0.15, 0.2) is 5.96 Å². The molecule has 0 bridgehead atoms. The number of nitrogens with one attached hydrogen (secondary N) is 2. The molecule has 0 saturated carbocycles. The van der Waals surface area contributed by atoms with Crippen LogP contribution in [0.4, 0.5) is 8.78 Å². The van der Waals surface area contributed by atoms with Crippen LogP contribution in [0.25, 0.3) is 0 Å². The van der Waals surface area contributed by atoms with Gasteiger partial charge in [-0.3, -0.25) is 0 Å². The first-order chi connectivity index (χ1) is 11.8. The van der Waals surface area contributed by atoms with Gasteiger partial charge in [0.2, 0.25) is 0 Å². The van der Waals surface area contributed by atoms with Gasteiger partial charge in [-0.1, -0.05) is 30.1 Å². The summed E-state index contributed by atoms with van der Waals surface area (Å²) in [6, 6.07) is 2.87. The number of guanidine groups is 1. The van der Waals surface area contributed by atoms with E-state index < -0.39 is 6.61 Å². The molecule has 1 heterocycles. The van der Waals surface area contributed by atoms with E-state index >= 15 is 0 Å². The molecule has 0 atom stereocenters. The fourth-order valence-electron chi connectivity index (χ4n) is 2.31. The molecule has 140 valence electrons. The van der Waals surface area contributed by atoms with Crippen LogP contribution in [0.5, 0.6) is 5.75 Å². The normalized spacial score (nSPS) is 16.5. The molecule has 1 fully saturated rings. The minimum absolute atomic E-state index is 0.0232. The number of hydrogen-bond acceptors (Lipinski definition) is 3. The molecule has 1 aromatic rings. The van der Waals surface area contributed by atoms with E-state index in [9.17, 15) is 8.78 Å². The molecular formula is C16H21Cl2F2N3O2. The van der Waals surface area contributed by atoms with E-state index in [1.165, 1.54) is 12.1 Å². The lowest BCUT2D eigenvalue weighted by Crippen LogP contribution is -2.51. The highest BCUT2D eigenvalue weighted by Gasteiger charge is 2.33. The standard InChI is InChI=1S/C16H21Cl2F2N3O2/c1-3-21-15(23-7-16(2)8-24-9-16)22-6-10-4-11(17)5-12(18)13(10)25-14(19)20/h4-5,14H,3,6-9H2,1-2H3,(H2,21,22,23). The highest BCUT2D eigenvalue weighted by Crippen LogP contribution is 2.34. The second kappa shape index (κ2) is 8.87. The summed E-state index contributed by atoms with van der Waals surface area (Å²) in [5.41, 5.74) is 0.452. The number of rotatable bonds is 7. The van der Waals surface area contributed by atoms with E-state index in [4.69, 9.17) is 27.9 Å². The number of aliphatic imine (C=N–C) groups is 1. The maximum atomic E-state index is 12.6. The topological polar surface area (TPSA) is 54.9 Å². The maximum absolute atomic E-state index is 12.6. The van der Waals surface area contributed by atoms with Crippen molar-refractivity contribution in [3.63, 3.8) is 0 Å². The Labute approximate surface area is 155 Å². The van der Waals surface area contributed by atoms with E-state index in [2.05, 4.69) is 27.3 Å². The molecular weight excluding hydrogens is 375 g/mol. The number of nitrogens with zero attached hydrogens (tertiary/aromatic N) is 1. The number of benzene rings is 1. The third-order valence-electron chi connectivity index (χ3n) is 3.63. The number of hydrogen-bond donors (Lipinski definition) is 2. The van der Waals surface area contributed by atoms with Gasteiger partial charge in [0, 0.05) is 29.1 Å². The predicted molar refractivity (Wildman–Crippen MR) is 94.8 cm³/mol. The molecule has 0 aromatic heterocycles. The minimum Gasteiger partial charge on any atom is -0.433 e. The van der Waals surface area contributed by atoms with E-state index in [-0.39, 0.29) is 22.7 Å². The average Bonchev–Trinajstić information content (AvgIpc) is 2.50. The Kier molecular flexibility index (Phi) is 7.10. The Bertz CT molecular complexity index is 626. The molecule has 0 radical (unpaired) electrons. The molecule has 0 aliphatic carbocycles. The summed E-state index contributed by atoms with van der Waals surface area (Å²) in [6.45, 7) is 3.89. The SMILES string of the molecule is CCNC(=NCc1cc(Cl)cc(Cl)c1OC(F)F)NCC1(C)COC1. The van der Waals surface area contributed by atoms with Gasteiger partial charge < -0.3 is 20.1 Å². The zero-order chi connectivity index (χ0) is 18.4. The van der Waals surface area contributed by atoms with Crippen molar-refractivity contribution in [1.82, 2.24) is 10.6 Å². The van der Waals surface area contributed by atoms with Gasteiger partial charge in [-0.25, -0.2) is 4.99 Å². The van der Waals surface area contributed by atoms with Crippen LogP contribution in [0.3, 0.4) is 0 Å². The summed E-state index contributed by atoms with van der Waals surface area (Å²) in [6.07, 6.45) is 0. The molecule has 0 spiro atoms. The molecule has 1 aliphatic heterocycles. The van der Waals surface area contributed by atoms with Gasteiger partial charge in [0.05, 0.1) is 24.8 Å². The van der Waals surface area contributed by atoms with Crippen molar-refractivity contribution in [2.45, 2.75) is 27.0 Å². The first-order valence-electron chi connectivity index (χ1n) is 7.85. The molecule has 2 rings (SSSR count). The van der Waals surface area contributed by atoms with E-state index in [0.717, 1.165) is 0 Å². The first kappa shape index (κ1) is 20.0. The van der Waals surface area contributed by atoms with Gasteiger partial charge in [0.1, 0.15) is 5.75 Å². The van der Waals surface area contributed by atoms with Crippen molar-refractivity contribution >= 4 is 29.2 Å². The molecule has 9 heteroatoms. The fourth-order valence-corrected chi connectivity index (χ4v) is 2.89. The lowest BCUT2D eigenvalue weighted by atomic mass is 9.89. The van der Waals surface area contributed by atoms with Crippen molar-refractivity contribution in [3.05, 3.63) is 27.7 Å². The third-order valence-corrected chi connectivity index (χ3v) is 4.13. The van der Waals surface area contributed by atoms with Gasteiger partial charge in [-0.05, 0) is 19.1 Å². The summed E-state index contributed by atoms with van der Waals surface area (Å²) < 4.78 is 35.0. The molecule has 0 amide bonds. The highest BCUT2D eigenvalue weighted by molar-refractivity contribution is 6.35. The Morgan fingerprint density at radius 1 is 1.36 bits per heavy atom. The van der Waals surface area contributed by atoms with E-state index in [0.29, 0.717) is 42.8 Å². The van der Waals surface area contributed by atoms with E-state index in [1.807, 2.05) is 6.92 Å². The van der Waals surface area contributed by atoms with Gasteiger partial charge >= 0.3 is 6.61 Å². The highest BCUT2D eigenvalue weighted by atomic mass is 35.5. The van der Waals surface area contributed by atoms with Gasteiger partial charge in [-0.2, -0.15) is 8.78 Å². The third kappa shape index (κ3) is 5.87. The molecule has 1 aliphatic rings. The van der Waals surface area contributed by atoms with Gasteiger partial charge in [-0.15, -0.1) is 0 Å². The van der Waals surface area contributed by atoms with Crippen molar-refractivity contribution in [3.8, 4) is 5.75 Å². The minimum atomic E-state index is -2.98. The Hall–Kier alpha value is -1.31. The zero-order valence-corrected chi connectivity index (χ0v) is 15.6. The predicted octanol–water partition coefficient (Wildman–Crippen LogP) is 3.69. The molecule has 5 nitrogen and oxygen atoms in total. The Morgan fingerprint density at radius 3 is 2.64 bits per heavy atom. The second-order valence-corrected chi connectivity index (χ2v) is 6.95. The first-order valence-corrected chi connectivity index (χ1v) is 8.61. The Balaban J connectivity index is 2.12. The van der Waals surface area contributed by atoms with Crippen molar-refractivity contribution in [2.24, 2.45) is 10.4 Å². The molecule has 0 unspecified atom stereocenters. The largest absolute Gasteiger partial charge is 0.433 e. The average molecular weight is 396 g/mol. The smallest absolute Gasteiger partial charge is 0.387 e. The van der Waals surface area contributed by atoms with Crippen LogP contribution in [0.2, 0.25) is 10.0 Å². The van der Waals surface area contributed by atoms with Gasteiger partial charge in [0.25, 0.3) is 0 Å². The number of alkyl halides is 2. The monoisotopic (exact) mass is 395 g/mol. The molecule has 25 heavy (non-hydrogen) atoms. The molecule has 1 aromatic carbocycles. The lowest BCUT2D eigenvalue weighted by Gasteiger charge is -2.38. The van der Waals surface area contributed by atoms with Crippen LogP contribution in [-0.2, 0) is 11.3 Å². The molecule has 2 N–H and O–H groups in total. The number of halogens is 4. The van der Waals surface area contributed by atoms with Crippen LogP contribution in [0.15, 0.2) is 17.1 Å². The Morgan fingerprint density at radius 2 is 2.08 bits per heavy atom. The summed E-state index contributed by atoms with van der Waals surface area (Å²) in [7, 11) is 0.